The van der Waals surface area contributed by atoms with Gasteiger partial charge in [0, 0.05) is 10.6 Å². The van der Waals surface area contributed by atoms with Crippen molar-refractivity contribution in [2.75, 3.05) is 16.8 Å². The fraction of sp³-hybridized carbons (Fsp3) is 0.154. The van der Waals surface area contributed by atoms with Crippen molar-refractivity contribution < 1.29 is 13.6 Å². The summed E-state index contributed by atoms with van der Waals surface area (Å²) in [5.41, 5.74) is 5.91. The normalized spacial score (nSPS) is 10.4. The number of thioether (sulfide) groups is 1. The summed E-state index contributed by atoms with van der Waals surface area (Å²) in [6.07, 6.45) is 1.58. The van der Waals surface area contributed by atoms with Crippen LogP contribution in [-0.2, 0) is 4.79 Å². The van der Waals surface area contributed by atoms with Crippen LogP contribution in [0.15, 0.2) is 39.8 Å². The van der Waals surface area contributed by atoms with Crippen molar-refractivity contribution in [2.45, 2.75) is 11.8 Å². The number of nitrogen functional groups attached to an aromatic ring is 1. The third-order valence-electron chi connectivity index (χ3n) is 2.45. The summed E-state index contributed by atoms with van der Waals surface area (Å²) in [5, 5.41) is 2.65. The standard InChI is InChI=1S/C13H13FN2O2S/c1-8-12(4-5-18-8)19-7-13(17)16-9-2-3-10(14)11(15)6-9/h2-6H,7,15H2,1H3,(H,16,17). The minimum Gasteiger partial charge on any atom is -0.468 e. The van der Waals surface area contributed by atoms with Gasteiger partial charge < -0.3 is 15.5 Å². The summed E-state index contributed by atoms with van der Waals surface area (Å²) >= 11 is 1.38. The van der Waals surface area contributed by atoms with E-state index in [4.69, 9.17) is 10.2 Å². The topological polar surface area (TPSA) is 68.3 Å². The Morgan fingerprint density at radius 3 is 2.89 bits per heavy atom. The zero-order valence-electron chi connectivity index (χ0n) is 10.3. The molecule has 4 nitrogen and oxygen atoms in total. The molecule has 0 saturated heterocycles. The van der Waals surface area contributed by atoms with Gasteiger partial charge in [-0.2, -0.15) is 0 Å². The van der Waals surface area contributed by atoms with Crippen LogP contribution in [0.4, 0.5) is 15.8 Å². The molecule has 0 atom stereocenters. The minimum atomic E-state index is -0.499. The molecule has 0 aliphatic carbocycles. The maximum atomic E-state index is 13.0. The monoisotopic (exact) mass is 280 g/mol. The Morgan fingerprint density at radius 2 is 2.26 bits per heavy atom. The highest BCUT2D eigenvalue weighted by atomic mass is 32.2. The molecule has 1 amide bonds. The van der Waals surface area contributed by atoms with Crippen LogP contribution in [0.3, 0.4) is 0 Å². The van der Waals surface area contributed by atoms with E-state index in [0.29, 0.717) is 5.69 Å². The molecule has 0 saturated carbocycles. The number of amides is 1. The first-order chi connectivity index (χ1) is 9.06. The number of nitrogens with one attached hydrogen (secondary N) is 1. The highest BCUT2D eigenvalue weighted by Gasteiger charge is 2.08. The van der Waals surface area contributed by atoms with E-state index in [-0.39, 0.29) is 17.3 Å². The molecule has 1 heterocycles. The molecule has 19 heavy (non-hydrogen) atoms. The number of benzene rings is 1. The number of anilines is 2. The van der Waals surface area contributed by atoms with Gasteiger partial charge in [-0.3, -0.25) is 4.79 Å². The first-order valence-electron chi connectivity index (χ1n) is 5.58. The van der Waals surface area contributed by atoms with Crippen LogP contribution in [0.2, 0.25) is 0 Å². The largest absolute Gasteiger partial charge is 0.468 e. The Balaban J connectivity index is 1.91. The van der Waals surface area contributed by atoms with Crippen molar-refractivity contribution in [1.82, 2.24) is 0 Å². The number of nitrogens with two attached hydrogens (primary N) is 1. The van der Waals surface area contributed by atoms with Crippen LogP contribution in [0.1, 0.15) is 5.76 Å². The Morgan fingerprint density at radius 1 is 1.47 bits per heavy atom. The van der Waals surface area contributed by atoms with Gasteiger partial charge in [0.15, 0.2) is 0 Å². The molecule has 0 bridgehead atoms. The van der Waals surface area contributed by atoms with Crippen molar-refractivity contribution in [3.63, 3.8) is 0 Å². The van der Waals surface area contributed by atoms with E-state index in [0.717, 1.165) is 10.7 Å². The number of carbonyl (C=O) groups excluding carboxylic acids is 1. The lowest BCUT2D eigenvalue weighted by molar-refractivity contribution is -0.113. The Hall–Kier alpha value is -1.95. The molecule has 2 rings (SSSR count). The number of aryl methyl sites for hydroxylation is 1. The van der Waals surface area contributed by atoms with E-state index in [2.05, 4.69) is 5.32 Å². The van der Waals surface area contributed by atoms with Crippen LogP contribution < -0.4 is 11.1 Å². The maximum Gasteiger partial charge on any atom is 0.234 e. The Labute approximate surface area is 114 Å². The zero-order chi connectivity index (χ0) is 13.8. The summed E-state index contributed by atoms with van der Waals surface area (Å²) < 4.78 is 18.1. The third-order valence-corrected chi connectivity index (χ3v) is 3.59. The molecule has 0 aliphatic rings. The number of furan rings is 1. The molecule has 0 aliphatic heterocycles. The van der Waals surface area contributed by atoms with E-state index in [9.17, 15) is 9.18 Å². The van der Waals surface area contributed by atoms with Gasteiger partial charge in [-0.25, -0.2) is 4.39 Å². The zero-order valence-corrected chi connectivity index (χ0v) is 11.1. The number of hydrogen-bond donors (Lipinski definition) is 2. The molecule has 1 aromatic carbocycles. The molecule has 0 radical (unpaired) electrons. The van der Waals surface area contributed by atoms with Gasteiger partial charge >= 0.3 is 0 Å². The van der Waals surface area contributed by atoms with E-state index in [1.807, 2.05) is 13.0 Å². The lowest BCUT2D eigenvalue weighted by Crippen LogP contribution is -2.14. The van der Waals surface area contributed by atoms with E-state index in [1.54, 1.807) is 6.26 Å². The first-order valence-corrected chi connectivity index (χ1v) is 6.56. The van der Waals surface area contributed by atoms with Crippen LogP contribution in [-0.4, -0.2) is 11.7 Å². The lowest BCUT2D eigenvalue weighted by Gasteiger charge is -2.06. The quantitative estimate of drug-likeness (QED) is 0.667. The van der Waals surface area contributed by atoms with Gasteiger partial charge in [0.2, 0.25) is 5.91 Å². The maximum absolute atomic E-state index is 13.0. The molecule has 1 aromatic heterocycles. The average Bonchev–Trinajstić information content (AvgIpc) is 2.77. The van der Waals surface area contributed by atoms with Crippen molar-refractivity contribution in [1.29, 1.82) is 0 Å². The fourth-order valence-electron chi connectivity index (χ4n) is 1.48. The molecule has 0 unspecified atom stereocenters. The van der Waals surface area contributed by atoms with Gasteiger partial charge in [-0.05, 0) is 31.2 Å². The smallest absolute Gasteiger partial charge is 0.234 e. The number of halogens is 1. The summed E-state index contributed by atoms with van der Waals surface area (Å²) in [6, 6.07) is 5.89. The summed E-state index contributed by atoms with van der Waals surface area (Å²) in [7, 11) is 0. The molecule has 0 spiro atoms. The molecule has 0 fully saturated rings. The van der Waals surface area contributed by atoms with Gasteiger partial charge in [0.25, 0.3) is 0 Å². The van der Waals surface area contributed by atoms with Crippen LogP contribution in [0.25, 0.3) is 0 Å². The summed E-state index contributed by atoms with van der Waals surface area (Å²) in [5.74, 6) is 0.347. The number of carbonyl (C=O) groups is 1. The van der Waals surface area contributed by atoms with Gasteiger partial charge in [0.05, 0.1) is 17.7 Å². The molecular formula is C13H13FN2O2S. The van der Waals surface area contributed by atoms with Crippen LogP contribution >= 0.6 is 11.8 Å². The molecule has 2 aromatic rings. The molecule has 6 heteroatoms. The molecular weight excluding hydrogens is 267 g/mol. The van der Waals surface area contributed by atoms with Crippen molar-refractivity contribution in [3.05, 3.63) is 42.1 Å². The lowest BCUT2D eigenvalue weighted by atomic mass is 10.2. The summed E-state index contributed by atoms with van der Waals surface area (Å²) in [6.45, 7) is 1.83. The third kappa shape index (κ3) is 3.51. The average molecular weight is 280 g/mol. The Bertz CT molecular complexity index is 598. The van der Waals surface area contributed by atoms with Crippen molar-refractivity contribution >= 4 is 29.0 Å². The van der Waals surface area contributed by atoms with Gasteiger partial charge in [0.1, 0.15) is 11.6 Å². The minimum absolute atomic E-state index is 0.0103. The van der Waals surface area contributed by atoms with Crippen LogP contribution in [0.5, 0.6) is 0 Å². The summed E-state index contributed by atoms with van der Waals surface area (Å²) in [4.78, 5) is 12.6. The fourth-order valence-corrected chi connectivity index (χ4v) is 2.25. The number of rotatable bonds is 4. The molecule has 3 N–H and O–H groups in total. The van der Waals surface area contributed by atoms with Gasteiger partial charge in [-0.1, -0.05) is 0 Å². The second-order valence-electron chi connectivity index (χ2n) is 3.91. The SMILES string of the molecule is Cc1occc1SCC(=O)Nc1ccc(F)c(N)c1. The van der Waals surface area contributed by atoms with Gasteiger partial charge in [-0.15, -0.1) is 11.8 Å². The van der Waals surface area contributed by atoms with Crippen LogP contribution in [0, 0.1) is 12.7 Å². The van der Waals surface area contributed by atoms with E-state index < -0.39 is 5.82 Å². The molecule has 100 valence electrons. The predicted octanol–water partition coefficient (Wildman–Crippen LogP) is 3.04. The highest BCUT2D eigenvalue weighted by Crippen LogP contribution is 2.23. The second-order valence-corrected chi connectivity index (χ2v) is 4.93. The second kappa shape index (κ2) is 5.79. The van der Waals surface area contributed by atoms with E-state index >= 15 is 0 Å². The Kier molecular flexibility index (Phi) is 4.11. The van der Waals surface area contributed by atoms with Crippen molar-refractivity contribution in [3.8, 4) is 0 Å². The van der Waals surface area contributed by atoms with E-state index in [1.165, 1.54) is 30.0 Å². The highest BCUT2D eigenvalue weighted by molar-refractivity contribution is 8.00. The van der Waals surface area contributed by atoms with Crippen molar-refractivity contribution in [2.24, 2.45) is 0 Å². The first kappa shape index (κ1) is 13.5. The number of hydrogen-bond acceptors (Lipinski definition) is 4. The predicted molar refractivity (Wildman–Crippen MR) is 73.6 cm³/mol.